The normalized spacial score (nSPS) is 16.9. The zero-order valence-electron chi connectivity index (χ0n) is 20.2. The third-order valence-corrected chi connectivity index (χ3v) is 6.73. The molecule has 1 saturated heterocycles. The van der Waals surface area contributed by atoms with Crippen molar-refractivity contribution in [1.29, 1.82) is 0 Å². The van der Waals surface area contributed by atoms with E-state index in [-0.39, 0.29) is 17.8 Å². The number of nitro groups is 1. The minimum absolute atomic E-state index is 0.0128. The third-order valence-electron chi connectivity index (χ3n) is 6.12. The number of nitrogens with zero attached hydrogens (tertiary/aromatic N) is 3. The van der Waals surface area contributed by atoms with Crippen LogP contribution in [0.1, 0.15) is 23.5 Å². The monoisotopic (exact) mass is 550 g/mol. The Morgan fingerprint density at radius 1 is 1.13 bits per heavy atom. The van der Waals surface area contributed by atoms with E-state index in [9.17, 15) is 10.1 Å². The Bertz CT molecular complexity index is 1450. The molecule has 1 aliphatic rings. The molecule has 4 aromatic rings. The van der Waals surface area contributed by atoms with Crippen molar-refractivity contribution in [3.63, 3.8) is 0 Å². The van der Waals surface area contributed by atoms with Crippen LogP contribution in [-0.4, -0.2) is 35.3 Å². The fraction of sp³-hybridized carbons (Fsp3) is 0.185. The first kappa shape index (κ1) is 25.7. The fourth-order valence-electron chi connectivity index (χ4n) is 4.33. The van der Waals surface area contributed by atoms with E-state index in [1.54, 1.807) is 37.6 Å². The van der Waals surface area contributed by atoms with Gasteiger partial charge in [-0.05, 0) is 66.8 Å². The standard InChI is InChI=1S/C27H23ClN4O5S/c1-35-14-15-36-23-10-9-19(16-20(23)28)31-26(25(30-27(31)38)21-4-2-3-13-29-21)24-12-11-22(37-24)17-5-7-18(8-6-17)32(33)34/h2-13,16,25-26H,14-15H2,1H3,(H,30,38)/t25-,26-/m0/s1. The number of anilines is 1. The summed E-state index contributed by atoms with van der Waals surface area (Å²) in [6.07, 6.45) is 1.73. The van der Waals surface area contributed by atoms with Crippen LogP contribution in [0.15, 0.2) is 83.4 Å². The fourth-order valence-corrected chi connectivity index (χ4v) is 4.90. The van der Waals surface area contributed by atoms with Gasteiger partial charge in [-0.25, -0.2) is 0 Å². The quantitative estimate of drug-likeness (QED) is 0.114. The predicted molar refractivity (Wildman–Crippen MR) is 148 cm³/mol. The van der Waals surface area contributed by atoms with Crippen LogP contribution in [0.3, 0.4) is 0 Å². The number of rotatable bonds is 9. The number of aromatic nitrogens is 1. The van der Waals surface area contributed by atoms with Crippen molar-refractivity contribution in [2.24, 2.45) is 0 Å². The number of methoxy groups -OCH3 is 1. The summed E-state index contributed by atoms with van der Waals surface area (Å²) in [7, 11) is 1.61. The highest BCUT2D eigenvalue weighted by molar-refractivity contribution is 7.80. The highest BCUT2D eigenvalue weighted by Gasteiger charge is 2.42. The van der Waals surface area contributed by atoms with Gasteiger partial charge in [-0.15, -0.1) is 0 Å². The molecule has 0 bridgehead atoms. The first-order valence-corrected chi connectivity index (χ1v) is 12.5. The van der Waals surface area contributed by atoms with E-state index in [1.165, 1.54) is 12.1 Å². The maximum atomic E-state index is 11.0. The molecule has 0 unspecified atom stereocenters. The molecule has 1 aliphatic heterocycles. The SMILES string of the molecule is COCCOc1ccc(N2C(=S)N[C@@H](c3ccccn3)[C@@H]2c2ccc(-c3ccc([N+](=O)[O-])cc3)o2)cc1Cl. The van der Waals surface area contributed by atoms with Crippen molar-refractivity contribution in [1.82, 2.24) is 10.3 Å². The molecule has 2 atom stereocenters. The lowest BCUT2D eigenvalue weighted by molar-refractivity contribution is -0.384. The second kappa shape index (κ2) is 11.2. The van der Waals surface area contributed by atoms with Crippen LogP contribution in [0.25, 0.3) is 11.3 Å². The van der Waals surface area contributed by atoms with Gasteiger partial charge in [-0.1, -0.05) is 17.7 Å². The molecular weight excluding hydrogens is 528 g/mol. The summed E-state index contributed by atoms with van der Waals surface area (Å²) in [6, 6.07) is 20.4. The predicted octanol–water partition coefficient (Wildman–Crippen LogP) is 6.11. The molecule has 11 heteroatoms. The van der Waals surface area contributed by atoms with Crippen LogP contribution in [0.4, 0.5) is 11.4 Å². The molecule has 1 N–H and O–H groups in total. The lowest BCUT2D eigenvalue weighted by Crippen LogP contribution is -2.29. The highest BCUT2D eigenvalue weighted by Crippen LogP contribution is 2.44. The molecule has 2 aromatic heterocycles. The lowest BCUT2D eigenvalue weighted by atomic mass is 10.0. The molecule has 0 radical (unpaired) electrons. The van der Waals surface area contributed by atoms with E-state index >= 15 is 0 Å². The smallest absolute Gasteiger partial charge is 0.269 e. The zero-order valence-corrected chi connectivity index (χ0v) is 21.8. The molecule has 2 aromatic carbocycles. The topological polar surface area (TPSA) is 103 Å². The van der Waals surface area contributed by atoms with E-state index in [0.29, 0.717) is 40.6 Å². The number of thiocarbonyl (C=S) groups is 1. The summed E-state index contributed by atoms with van der Waals surface area (Å²) >= 11 is 12.3. The molecule has 0 aliphatic carbocycles. The van der Waals surface area contributed by atoms with Gasteiger partial charge in [0.15, 0.2) is 5.11 Å². The van der Waals surface area contributed by atoms with E-state index in [4.69, 9.17) is 37.7 Å². The molecular formula is C27H23ClN4O5S. The molecule has 0 saturated carbocycles. The summed E-state index contributed by atoms with van der Waals surface area (Å²) in [6.45, 7) is 0.822. The molecule has 3 heterocycles. The Morgan fingerprint density at radius 3 is 2.63 bits per heavy atom. The van der Waals surface area contributed by atoms with Gasteiger partial charge in [0.1, 0.15) is 29.9 Å². The minimum Gasteiger partial charge on any atom is -0.490 e. The second-order valence-electron chi connectivity index (χ2n) is 8.46. The van der Waals surface area contributed by atoms with Crippen LogP contribution >= 0.6 is 23.8 Å². The third kappa shape index (κ3) is 5.19. The van der Waals surface area contributed by atoms with Crippen molar-refractivity contribution >= 4 is 40.3 Å². The Morgan fingerprint density at radius 2 is 1.95 bits per heavy atom. The van der Waals surface area contributed by atoms with Crippen molar-refractivity contribution in [2.45, 2.75) is 12.1 Å². The molecule has 38 heavy (non-hydrogen) atoms. The minimum atomic E-state index is -0.434. The number of nitrogens with one attached hydrogen (secondary N) is 1. The van der Waals surface area contributed by atoms with E-state index in [0.717, 1.165) is 16.9 Å². The Hall–Kier alpha value is -3.99. The average molecular weight is 551 g/mol. The number of benzene rings is 2. The highest BCUT2D eigenvalue weighted by atomic mass is 35.5. The number of ether oxygens (including phenoxy) is 2. The largest absolute Gasteiger partial charge is 0.490 e. The van der Waals surface area contributed by atoms with Crippen molar-refractivity contribution in [3.8, 4) is 17.1 Å². The van der Waals surface area contributed by atoms with Gasteiger partial charge in [-0.2, -0.15) is 0 Å². The number of furan rings is 1. The summed E-state index contributed by atoms with van der Waals surface area (Å²) < 4.78 is 17.1. The summed E-state index contributed by atoms with van der Waals surface area (Å²) in [5.41, 5.74) is 2.28. The number of nitro benzene ring substituents is 1. The van der Waals surface area contributed by atoms with Gasteiger partial charge in [0.25, 0.3) is 5.69 Å². The van der Waals surface area contributed by atoms with Crippen molar-refractivity contribution < 1.29 is 18.8 Å². The number of non-ortho nitro benzene ring substituents is 1. The maximum absolute atomic E-state index is 11.0. The lowest BCUT2D eigenvalue weighted by Gasteiger charge is -2.26. The van der Waals surface area contributed by atoms with Crippen LogP contribution in [0, 0.1) is 10.1 Å². The first-order chi connectivity index (χ1) is 18.5. The van der Waals surface area contributed by atoms with Gasteiger partial charge < -0.3 is 24.1 Å². The van der Waals surface area contributed by atoms with E-state index in [2.05, 4.69) is 10.3 Å². The molecule has 194 valence electrons. The number of hydrogen-bond donors (Lipinski definition) is 1. The van der Waals surface area contributed by atoms with Crippen LogP contribution in [-0.2, 0) is 4.74 Å². The molecule has 0 spiro atoms. The molecule has 0 amide bonds. The Balaban J connectivity index is 1.51. The first-order valence-electron chi connectivity index (χ1n) is 11.7. The summed E-state index contributed by atoms with van der Waals surface area (Å²) in [5.74, 6) is 1.76. The summed E-state index contributed by atoms with van der Waals surface area (Å²) in [5, 5.41) is 15.3. The van der Waals surface area contributed by atoms with Crippen LogP contribution in [0.2, 0.25) is 5.02 Å². The zero-order chi connectivity index (χ0) is 26.6. The molecule has 5 rings (SSSR count). The van der Waals surface area contributed by atoms with Gasteiger partial charge in [0.05, 0.1) is 28.3 Å². The van der Waals surface area contributed by atoms with Gasteiger partial charge in [0, 0.05) is 36.7 Å². The van der Waals surface area contributed by atoms with Gasteiger partial charge >= 0.3 is 0 Å². The number of pyridine rings is 1. The van der Waals surface area contributed by atoms with Crippen molar-refractivity contribution in [2.75, 3.05) is 25.2 Å². The summed E-state index contributed by atoms with van der Waals surface area (Å²) in [4.78, 5) is 17.1. The number of halogens is 1. The average Bonchev–Trinajstić information content (AvgIpc) is 3.55. The second-order valence-corrected chi connectivity index (χ2v) is 9.25. The van der Waals surface area contributed by atoms with Gasteiger partial charge in [-0.3, -0.25) is 15.1 Å². The van der Waals surface area contributed by atoms with Gasteiger partial charge in [0.2, 0.25) is 0 Å². The Labute approximate surface area is 229 Å². The number of hydrogen-bond acceptors (Lipinski definition) is 7. The van der Waals surface area contributed by atoms with E-state index < -0.39 is 4.92 Å². The maximum Gasteiger partial charge on any atom is 0.269 e. The molecule has 1 fully saturated rings. The van der Waals surface area contributed by atoms with Crippen LogP contribution in [0.5, 0.6) is 5.75 Å². The van der Waals surface area contributed by atoms with Crippen molar-refractivity contribution in [3.05, 3.63) is 106 Å². The van der Waals surface area contributed by atoms with E-state index in [1.807, 2.05) is 41.3 Å². The Kier molecular flexibility index (Phi) is 7.54. The van der Waals surface area contributed by atoms with Crippen LogP contribution < -0.4 is 15.0 Å². The molecule has 9 nitrogen and oxygen atoms in total.